The van der Waals surface area contributed by atoms with Gasteiger partial charge in [0.05, 0.1) is 0 Å². The molecule has 0 bridgehead atoms. The first-order valence-electron chi connectivity index (χ1n) is 6.51. The van der Waals surface area contributed by atoms with Gasteiger partial charge < -0.3 is 20.0 Å². The van der Waals surface area contributed by atoms with Crippen LogP contribution in [0, 0.1) is 16.0 Å². The Bertz CT molecular complexity index is 426. The summed E-state index contributed by atoms with van der Waals surface area (Å²) in [6.45, 7) is 3.09. The number of hydrogen-bond donors (Lipinski definition) is 1. The first-order valence-corrected chi connectivity index (χ1v) is 6.51. The Morgan fingerprint density at radius 3 is 2.94 bits per heavy atom. The second kappa shape index (κ2) is 5.48. The average Bonchev–Trinajstić information content (AvgIpc) is 3.10. The summed E-state index contributed by atoms with van der Waals surface area (Å²) in [4.78, 5) is 14.4. The van der Waals surface area contributed by atoms with Crippen molar-refractivity contribution >= 4 is 5.82 Å². The van der Waals surface area contributed by atoms with Crippen LogP contribution in [0.3, 0.4) is 0 Å². The molecule has 0 spiro atoms. The zero-order chi connectivity index (χ0) is 13.1. The van der Waals surface area contributed by atoms with Crippen molar-refractivity contribution in [2.75, 3.05) is 6.54 Å². The third-order valence-electron chi connectivity index (χ3n) is 3.47. The predicted octanol–water partition coefficient (Wildman–Crippen LogP) is 1.65. The number of nitrogens with one attached hydrogen (secondary N) is 1. The van der Waals surface area contributed by atoms with Crippen LogP contribution in [-0.2, 0) is 13.5 Å². The molecule has 0 saturated heterocycles. The van der Waals surface area contributed by atoms with Crippen molar-refractivity contribution in [2.24, 2.45) is 13.0 Å². The van der Waals surface area contributed by atoms with Gasteiger partial charge in [-0.1, -0.05) is 6.92 Å². The van der Waals surface area contributed by atoms with Gasteiger partial charge in [0, 0.05) is 19.5 Å². The molecule has 1 aliphatic rings. The summed E-state index contributed by atoms with van der Waals surface area (Å²) in [5.41, 5.74) is 0.723. The third kappa shape index (κ3) is 2.87. The molecule has 6 nitrogen and oxygen atoms in total. The largest absolute Gasteiger partial charge is 0.384 e. The van der Waals surface area contributed by atoms with Crippen molar-refractivity contribution < 1.29 is 4.92 Å². The minimum atomic E-state index is -0.390. The van der Waals surface area contributed by atoms with Gasteiger partial charge >= 0.3 is 5.82 Å². The topological polar surface area (TPSA) is 73.0 Å². The second-order valence-corrected chi connectivity index (χ2v) is 4.99. The molecule has 18 heavy (non-hydrogen) atoms. The van der Waals surface area contributed by atoms with Gasteiger partial charge in [0.1, 0.15) is 5.69 Å². The summed E-state index contributed by atoms with van der Waals surface area (Å²) in [6, 6.07) is 0.346. The summed E-state index contributed by atoms with van der Waals surface area (Å²) in [5.74, 6) is 0.674. The molecule has 6 heteroatoms. The molecule has 0 amide bonds. The minimum absolute atomic E-state index is 0.00134. The number of hydrogen-bond acceptors (Lipinski definition) is 4. The number of nitro groups is 1. The lowest BCUT2D eigenvalue weighted by Gasteiger charge is -2.17. The molecule has 2 rings (SSSR count). The quantitative estimate of drug-likeness (QED) is 0.591. The Labute approximate surface area is 107 Å². The minimum Gasteiger partial charge on any atom is -0.358 e. The van der Waals surface area contributed by atoms with Crippen molar-refractivity contribution in [3.05, 3.63) is 22.1 Å². The fourth-order valence-corrected chi connectivity index (χ4v) is 2.27. The normalized spacial score (nSPS) is 16.8. The van der Waals surface area contributed by atoms with Crippen molar-refractivity contribution in [1.29, 1.82) is 0 Å². The Balaban J connectivity index is 2.10. The van der Waals surface area contributed by atoms with Gasteiger partial charge in [-0.05, 0) is 41.6 Å². The average molecular weight is 252 g/mol. The van der Waals surface area contributed by atoms with E-state index < -0.39 is 0 Å². The molecule has 1 saturated carbocycles. The maximum Gasteiger partial charge on any atom is 0.384 e. The van der Waals surface area contributed by atoms with E-state index in [9.17, 15) is 10.1 Å². The highest BCUT2D eigenvalue weighted by atomic mass is 16.6. The summed E-state index contributed by atoms with van der Waals surface area (Å²) < 4.78 is 1.77. The monoisotopic (exact) mass is 252 g/mol. The van der Waals surface area contributed by atoms with Crippen LogP contribution < -0.4 is 5.32 Å². The number of aromatic nitrogens is 2. The molecule has 0 aliphatic heterocycles. The highest BCUT2D eigenvalue weighted by Crippen LogP contribution is 2.35. The number of nitrogens with zero attached hydrogens (tertiary/aromatic N) is 3. The highest BCUT2D eigenvalue weighted by Gasteiger charge is 2.33. The van der Waals surface area contributed by atoms with Crippen LogP contribution in [0.25, 0.3) is 0 Å². The molecular formula is C12H20N4O2. The van der Waals surface area contributed by atoms with Crippen LogP contribution in [0.4, 0.5) is 5.82 Å². The van der Waals surface area contributed by atoms with E-state index >= 15 is 0 Å². The van der Waals surface area contributed by atoms with E-state index in [2.05, 4.69) is 17.2 Å². The van der Waals surface area contributed by atoms with Crippen LogP contribution in [0.2, 0.25) is 0 Å². The van der Waals surface area contributed by atoms with E-state index in [0.29, 0.717) is 18.4 Å². The summed E-state index contributed by atoms with van der Waals surface area (Å²) in [7, 11) is 1.82. The van der Waals surface area contributed by atoms with Crippen molar-refractivity contribution in [3.63, 3.8) is 0 Å². The number of aryl methyl sites for hydroxylation is 1. The van der Waals surface area contributed by atoms with Crippen LogP contribution in [0.5, 0.6) is 0 Å². The van der Waals surface area contributed by atoms with Crippen molar-refractivity contribution in [2.45, 2.75) is 38.6 Å². The Hall–Kier alpha value is -1.43. The lowest BCUT2D eigenvalue weighted by Crippen LogP contribution is -2.34. The van der Waals surface area contributed by atoms with Crippen LogP contribution in [0.1, 0.15) is 31.9 Å². The molecule has 100 valence electrons. The van der Waals surface area contributed by atoms with Crippen LogP contribution in [0.15, 0.2) is 6.33 Å². The lowest BCUT2D eigenvalue weighted by molar-refractivity contribution is -0.390. The van der Waals surface area contributed by atoms with E-state index in [1.54, 1.807) is 4.57 Å². The smallest absolute Gasteiger partial charge is 0.358 e. The SMILES string of the molecule is CCCNC(Cc1c([N+](=O)[O-])ncn1C)C1CC1. The molecule has 1 fully saturated rings. The standard InChI is InChI=1S/C12H20N4O2/c1-3-6-13-10(9-4-5-9)7-11-12(16(17)18)14-8-15(11)2/h8-10,13H,3-7H2,1-2H3. The summed E-state index contributed by atoms with van der Waals surface area (Å²) >= 11 is 0. The summed E-state index contributed by atoms with van der Waals surface area (Å²) in [5, 5.41) is 14.4. The van der Waals surface area contributed by atoms with Crippen LogP contribution >= 0.6 is 0 Å². The molecule has 0 aromatic carbocycles. The molecule has 1 aliphatic carbocycles. The fraction of sp³-hybridized carbons (Fsp3) is 0.750. The fourth-order valence-electron chi connectivity index (χ4n) is 2.27. The van der Waals surface area contributed by atoms with Gasteiger partial charge in [0.25, 0.3) is 0 Å². The maximum atomic E-state index is 10.9. The van der Waals surface area contributed by atoms with E-state index in [1.165, 1.54) is 19.2 Å². The molecule has 0 radical (unpaired) electrons. The molecule has 1 N–H and O–H groups in total. The molecule has 1 aromatic heterocycles. The number of imidazole rings is 1. The third-order valence-corrected chi connectivity index (χ3v) is 3.47. The Morgan fingerprint density at radius 1 is 1.67 bits per heavy atom. The Kier molecular flexibility index (Phi) is 3.96. The molecule has 1 unspecified atom stereocenters. The van der Waals surface area contributed by atoms with Gasteiger partial charge in [0.15, 0.2) is 0 Å². The Morgan fingerprint density at radius 2 is 2.39 bits per heavy atom. The van der Waals surface area contributed by atoms with E-state index in [0.717, 1.165) is 18.7 Å². The van der Waals surface area contributed by atoms with Crippen LogP contribution in [-0.4, -0.2) is 27.1 Å². The molecule has 1 aromatic rings. The predicted molar refractivity (Wildman–Crippen MR) is 68.4 cm³/mol. The number of rotatable bonds is 7. The van der Waals surface area contributed by atoms with Gasteiger partial charge in [-0.2, -0.15) is 0 Å². The van der Waals surface area contributed by atoms with E-state index in [-0.39, 0.29) is 10.7 Å². The van der Waals surface area contributed by atoms with E-state index in [1.807, 2.05) is 7.05 Å². The summed E-state index contributed by atoms with van der Waals surface area (Å²) in [6.07, 6.45) is 5.76. The van der Waals surface area contributed by atoms with Crippen molar-refractivity contribution in [3.8, 4) is 0 Å². The molecular weight excluding hydrogens is 232 g/mol. The second-order valence-electron chi connectivity index (χ2n) is 4.99. The first kappa shape index (κ1) is 13.0. The molecule has 1 atom stereocenters. The first-order chi connectivity index (χ1) is 8.63. The molecule has 1 heterocycles. The highest BCUT2D eigenvalue weighted by molar-refractivity contribution is 5.28. The lowest BCUT2D eigenvalue weighted by atomic mass is 10.1. The van der Waals surface area contributed by atoms with E-state index in [4.69, 9.17) is 0 Å². The van der Waals surface area contributed by atoms with Gasteiger partial charge in [-0.3, -0.25) is 0 Å². The van der Waals surface area contributed by atoms with Gasteiger partial charge in [0.2, 0.25) is 6.33 Å². The maximum absolute atomic E-state index is 10.9. The van der Waals surface area contributed by atoms with Gasteiger partial charge in [-0.15, -0.1) is 0 Å². The zero-order valence-corrected chi connectivity index (χ0v) is 10.9. The van der Waals surface area contributed by atoms with Gasteiger partial charge in [-0.25, -0.2) is 0 Å². The zero-order valence-electron chi connectivity index (χ0n) is 10.9. The van der Waals surface area contributed by atoms with Crippen molar-refractivity contribution in [1.82, 2.24) is 14.9 Å².